The number of ether oxygens (including phenoxy) is 2. The number of carbonyl (C=O) groups is 3. The number of nitrogens with one attached hydrogen (secondary N) is 4. The molecule has 1 saturated carbocycles. The van der Waals surface area contributed by atoms with E-state index in [1.807, 2.05) is 49.2 Å². The third kappa shape index (κ3) is 11.9. The number of hydrogen-bond donors (Lipinski definition) is 6. The SMILES string of the molecule is COc1ccc(C(SCCNC(=O)CC[C@H](NC(=O)c2ccc(N(C)CC3=CN=C4NC(N)=NC(N)C4(C)N3)cc2)C(=O)OC(C)(C)C)(c2ccccc2)c2ccc(C3CCCCC3)cc2)cc1. The van der Waals surface area contributed by atoms with Gasteiger partial charge in [0.1, 0.15) is 34.9 Å². The number of fused-ring (bicyclic) bond motifs is 1. The van der Waals surface area contributed by atoms with Crippen LogP contribution in [-0.4, -0.2) is 85.9 Å². The third-order valence-corrected chi connectivity index (χ3v) is 14.4. The second-order valence-corrected chi connectivity index (χ2v) is 20.3. The first kappa shape index (κ1) is 49.6. The minimum absolute atomic E-state index is 0.00129. The molecule has 0 aromatic heterocycles. The lowest BCUT2D eigenvalue weighted by Gasteiger charge is -2.42. The Morgan fingerprint density at radius 1 is 0.912 bits per heavy atom. The largest absolute Gasteiger partial charge is 0.497 e. The van der Waals surface area contributed by atoms with E-state index in [0.717, 1.165) is 33.8 Å². The topological polar surface area (TPSA) is 198 Å². The van der Waals surface area contributed by atoms with E-state index in [4.69, 9.17) is 20.9 Å². The summed E-state index contributed by atoms with van der Waals surface area (Å²) >= 11 is 1.77. The van der Waals surface area contributed by atoms with Crippen LogP contribution in [-0.2, 0) is 19.1 Å². The molecule has 0 bridgehead atoms. The number of rotatable bonds is 18. The molecule has 2 heterocycles. The monoisotopic (exact) mass is 941 g/mol. The molecule has 8 N–H and O–H groups in total. The van der Waals surface area contributed by atoms with Crippen molar-refractivity contribution in [3.05, 3.63) is 143 Å². The highest BCUT2D eigenvalue weighted by Crippen LogP contribution is 2.49. The van der Waals surface area contributed by atoms with E-state index in [0.29, 0.717) is 36.2 Å². The third-order valence-electron chi connectivity index (χ3n) is 12.8. The summed E-state index contributed by atoms with van der Waals surface area (Å²) in [5.74, 6) is 1.47. The van der Waals surface area contributed by atoms with Crippen molar-refractivity contribution in [1.82, 2.24) is 21.3 Å². The summed E-state index contributed by atoms with van der Waals surface area (Å²) in [5, 5.41) is 12.4. The predicted molar refractivity (Wildman–Crippen MR) is 273 cm³/mol. The average molecular weight is 942 g/mol. The smallest absolute Gasteiger partial charge is 0.329 e. The van der Waals surface area contributed by atoms with Gasteiger partial charge in [0.2, 0.25) is 5.91 Å². The molecule has 1 fully saturated rings. The highest BCUT2D eigenvalue weighted by Gasteiger charge is 2.43. The number of nitrogens with two attached hydrogens (primary N) is 2. The predicted octanol–water partition coefficient (Wildman–Crippen LogP) is 7.05. The summed E-state index contributed by atoms with van der Waals surface area (Å²) in [7, 11) is 3.59. The number of aliphatic imine (C=N–C) groups is 2. The maximum absolute atomic E-state index is 13.7. The minimum atomic E-state index is -1.06. The molecule has 2 aliphatic heterocycles. The maximum Gasteiger partial charge on any atom is 0.329 e. The fourth-order valence-electron chi connectivity index (χ4n) is 9.10. The molecule has 0 spiro atoms. The van der Waals surface area contributed by atoms with Gasteiger partial charge in [0.25, 0.3) is 5.91 Å². The Morgan fingerprint density at radius 3 is 2.21 bits per heavy atom. The normalized spacial score (nSPS) is 19.5. The van der Waals surface area contributed by atoms with Gasteiger partial charge in [0.15, 0.2) is 5.96 Å². The highest BCUT2D eigenvalue weighted by atomic mass is 32.2. The Balaban J connectivity index is 0.990. The maximum atomic E-state index is 13.7. The quantitative estimate of drug-likeness (QED) is 0.0340. The Bertz CT molecular complexity index is 2470. The van der Waals surface area contributed by atoms with Gasteiger partial charge in [-0.2, -0.15) is 0 Å². The first-order valence-electron chi connectivity index (χ1n) is 23.6. The fourth-order valence-corrected chi connectivity index (χ4v) is 10.5. The van der Waals surface area contributed by atoms with Crippen LogP contribution < -0.4 is 42.4 Å². The number of amidine groups is 1. The van der Waals surface area contributed by atoms with Crippen LogP contribution in [0.25, 0.3) is 0 Å². The van der Waals surface area contributed by atoms with E-state index >= 15 is 0 Å². The van der Waals surface area contributed by atoms with E-state index in [1.54, 1.807) is 58.0 Å². The molecular formula is C53H67N9O5S. The number of amides is 2. The van der Waals surface area contributed by atoms with Crippen LogP contribution in [0.3, 0.4) is 0 Å². The van der Waals surface area contributed by atoms with Crippen molar-refractivity contribution >= 4 is 47.0 Å². The Morgan fingerprint density at radius 2 is 1.56 bits per heavy atom. The number of nitrogens with zero attached hydrogens (tertiary/aromatic N) is 3. The summed E-state index contributed by atoms with van der Waals surface area (Å²) < 4.78 is 10.7. The van der Waals surface area contributed by atoms with Crippen LogP contribution in [0.4, 0.5) is 5.69 Å². The molecule has 15 heteroatoms. The zero-order chi connectivity index (χ0) is 48.5. The Kier molecular flexibility index (Phi) is 15.9. The number of hydrogen-bond acceptors (Lipinski definition) is 13. The number of esters is 1. The van der Waals surface area contributed by atoms with Crippen LogP contribution in [0.1, 0.15) is 111 Å². The van der Waals surface area contributed by atoms with Crippen molar-refractivity contribution < 1.29 is 23.9 Å². The van der Waals surface area contributed by atoms with Crippen LogP contribution in [0, 0.1) is 0 Å². The van der Waals surface area contributed by atoms with E-state index < -0.39 is 40.0 Å². The highest BCUT2D eigenvalue weighted by molar-refractivity contribution is 8.00. The zero-order valence-electron chi connectivity index (χ0n) is 40.1. The van der Waals surface area contributed by atoms with Gasteiger partial charge >= 0.3 is 5.97 Å². The van der Waals surface area contributed by atoms with Crippen molar-refractivity contribution in [3.8, 4) is 5.75 Å². The number of guanidine groups is 1. The number of likely N-dealkylation sites (N-methyl/N-ethyl adjacent to an activating group) is 1. The van der Waals surface area contributed by atoms with Crippen LogP contribution in [0.2, 0.25) is 0 Å². The van der Waals surface area contributed by atoms with Crippen LogP contribution in [0.5, 0.6) is 5.75 Å². The second kappa shape index (κ2) is 21.8. The molecule has 68 heavy (non-hydrogen) atoms. The van der Waals surface area contributed by atoms with Crippen molar-refractivity contribution in [2.45, 2.75) is 107 Å². The molecule has 14 nitrogen and oxygen atoms in total. The molecule has 7 rings (SSSR count). The van der Waals surface area contributed by atoms with Crippen molar-refractivity contribution in [2.24, 2.45) is 21.5 Å². The molecule has 3 unspecified atom stereocenters. The molecule has 360 valence electrons. The van der Waals surface area contributed by atoms with Crippen molar-refractivity contribution in [3.63, 3.8) is 0 Å². The fraction of sp³-hybridized carbons (Fsp3) is 0.415. The Hall–Kier alpha value is -6.32. The van der Waals surface area contributed by atoms with Gasteiger partial charge in [0.05, 0.1) is 18.4 Å². The van der Waals surface area contributed by atoms with Crippen LogP contribution in [0.15, 0.2) is 125 Å². The van der Waals surface area contributed by atoms with Crippen molar-refractivity contribution in [1.29, 1.82) is 0 Å². The lowest BCUT2D eigenvalue weighted by molar-refractivity contribution is -0.157. The van der Waals surface area contributed by atoms with Gasteiger partial charge in [-0.15, -0.1) is 11.8 Å². The van der Waals surface area contributed by atoms with Gasteiger partial charge < -0.3 is 47.1 Å². The molecule has 4 aromatic rings. The molecule has 4 atom stereocenters. The summed E-state index contributed by atoms with van der Waals surface area (Å²) in [4.78, 5) is 51.5. The van der Waals surface area contributed by atoms with E-state index in [2.05, 4.69) is 91.9 Å². The number of anilines is 1. The van der Waals surface area contributed by atoms with E-state index in [9.17, 15) is 14.4 Å². The minimum Gasteiger partial charge on any atom is -0.497 e. The number of thioether (sulfide) groups is 1. The van der Waals surface area contributed by atoms with Gasteiger partial charge in [0, 0.05) is 48.9 Å². The second-order valence-electron chi connectivity index (χ2n) is 19.0. The first-order valence-corrected chi connectivity index (χ1v) is 24.5. The standard InChI is InChI=1S/C53H67N9O5S/c1-51(2,3)67-47(65)44(58-46(64)37-19-25-42(26-20-37)62(5)34-41-33-57-49-52(4,61-41)48(54)59-50(55)60-49)29-30-45(63)56-31-32-68-53(38-15-11-8-12-16-38,40-23-27-43(66-6)28-24-40)39-21-17-36(18-22-39)35-13-9-7-10-14-35/h8,11-12,15-28,33,35,44,48,61H,7,9-10,13-14,29-32,34,54H2,1-6H3,(H,56,63)(H,58,64)(H3,55,57,59,60)/t44-,48?,52?,53?/m0/s1. The number of carbonyl (C=O) groups excluding carboxylic acids is 3. The van der Waals surface area contributed by atoms with Gasteiger partial charge in [-0.05, 0) is 112 Å². The average Bonchev–Trinajstić information content (AvgIpc) is 3.33. The van der Waals surface area contributed by atoms with Crippen LogP contribution >= 0.6 is 11.8 Å². The molecule has 2 amide bonds. The summed E-state index contributed by atoms with van der Waals surface area (Å²) in [6, 6.07) is 33.9. The van der Waals surface area contributed by atoms with Crippen molar-refractivity contribution in [2.75, 3.05) is 37.9 Å². The number of benzene rings is 4. The summed E-state index contributed by atoms with van der Waals surface area (Å²) in [6.07, 6.45) is 7.46. The molecule has 0 radical (unpaired) electrons. The Labute approximate surface area is 405 Å². The lowest BCUT2D eigenvalue weighted by atomic mass is 9.81. The molecule has 3 aliphatic rings. The van der Waals surface area contributed by atoms with Gasteiger partial charge in [-0.25, -0.2) is 14.8 Å². The van der Waals surface area contributed by atoms with E-state index in [1.165, 1.54) is 37.7 Å². The summed E-state index contributed by atoms with van der Waals surface area (Å²) in [5.41, 5.74) is 17.4. The summed E-state index contributed by atoms with van der Waals surface area (Å²) in [6.45, 7) is 8.07. The van der Waals surface area contributed by atoms with E-state index in [-0.39, 0.29) is 24.7 Å². The first-order chi connectivity index (χ1) is 32.6. The zero-order valence-corrected chi connectivity index (χ0v) is 41.0. The van der Waals surface area contributed by atoms with Gasteiger partial charge in [-0.3, -0.25) is 9.59 Å². The van der Waals surface area contributed by atoms with Gasteiger partial charge in [-0.1, -0.05) is 86.0 Å². The molecule has 1 aliphatic carbocycles. The molecule has 0 saturated heterocycles. The lowest BCUT2D eigenvalue weighted by Crippen LogP contribution is -2.69. The number of methoxy groups -OCH3 is 1. The molecular weight excluding hydrogens is 875 g/mol. The molecule has 4 aromatic carbocycles.